The van der Waals surface area contributed by atoms with E-state index in [2.05, 4.69) is 27.9 Å². The van der Waals surface area contributed by atoms with Gasteiger partial charge in [-0.05, 0) is 53.3 Å². The van der Waals surface area contributed by atoms with Gasteiger partial charge in [0.25, 0.3) is 5.91 Å². The van der Waals surface area contributed by atoms with E-state index in [4.69, 9.17) is 4.74 Å². The van der Waals surface area contributed by atoms with Crippen LogP contribution in [0, 0.1) is 8.30 Å². The van der Waals surface area contributed by atoms with E-state index in [1.165, 1.54) is 12.8 Å². The topological polar surface area (TPSA) is 38.3 Å². The van der Waals surface area contributed by atoms with Crippen molar-refractivity contribution in [1.82, 2.24) is 5.32 Å². The summed E-state index contributed by atoms with van der Waals surface area (Å²) in [7, 11) is 1.72. The molecule has 0 aromatic carbocycles. The predicted molar refractivity (Wildman–Crippen MR) is 77.5 cm³/mol. The molecule has 2 rings (SSSR count). The summed E-state index contributed by atoms with van der Waals surface area (Å²) in [6.07, 6.45) is 3.46. The van der Waals surface area contributed by atoms with Crippen LogP contribution in [0.2, 0.25) is 0 Å². The zero-order chi connectivity index (χ0) is 12.3. The SMILES string of the molecule is COCCC1(CNC(=O)c2csc(I)c2)CC1. The van der Waals surface area contributed by atoms with Gasteiger partial charge in [-0.2, -0.15) is 0 Å². The van der Waals surface area contributed by atoms with Gasteiger partial charge in [0.05, 0.1) is 8.45 Å². The van der Waals surface area contributed by atoms with Gasteiger partial charge in [0.2, 0.25) is 0 Å². The Labute approximate surface area is 119 Å². The lowest BCUT2D eigenvalue weighted by Crippen LogP contribution is -2.30. The summed E-state index contributed by atoms with van der Waals surface area (Å²) < 4.78 is 6.25. The maximum atomic E-state index is 11.9. The van der Waals surface area contributed by atoms with E-state index in [1.54, 1.807) is 18.4 Å². The summed E-state index contributed by atoms with van der Waals surface area (Å²) >= 11 is 3.83. The third-order valence-electron chi connectivity index (χ3n) is 3.25. The molecule has 1 fully saturated rings. The standard InChI is InChI=1S/C12H16INO2S/c1-16-5-4-12(2-3-12)8-14-11(15)9-6-10(13)17-7-9/h6-7H,2-5,8H2,1H3,(H,14,15). The molecule has 1 aliphatic rings. The monoisotopic (exact) mass is 365 g/mol. The number of carbonyl (C=O) groups excluding carboxylic acids is 1. The van der Waals surface area contributed by atoms with Crippen LogP contribution in [0.5, 0.6) is 0 Å². The van der Waals surface area contributed by atoms with Crippen molar-refractivity contribution >= 4 is 39.8 Å². The second-order valence-electron chi connectivity index (χ2n) is 4.56. The molecule has 5 heteroatoms. The van der Waals surface area contributed by atoms with Crippen LogP contribution in [0.25, 0.3) is 0 Å². The molecule has 1 saturated carbocycles. The minimum absolute atomic E-state index is 0.0489. The summed E-state index contributed by atoms with van der Waals surface area (Å²) in [6, 6.07) is 1.93. The third-order valence-corrected chi connectivity index (χ3v) is 5.04. The first-order chi connectivity index (χ1) is 8.15. The van der Waals surface area contributed by atoms with Gasteiger partial charge in [-0.15, -0.1) is 11.3 Å². The number of ether oxygens (including phenoxy) is 1. The molecule has 1 aromatic rings. The molecular formula is C12H16INO2S. The van der Waals surface area contributed by atoms with Gasteiger partial charge in [-0.3, -0.25) is 4.79 Å². The number of hydrogen-bond donors (Lipinski definition) is 1. The molecule has 1 N–H and O–H groups in total. The van der Waals surface area contributed by atoms with Crippen LogP contribution >= 0.6 is 33.9 Å². The zero-order valence-electron chi connectivity index (χ0n) is 9.79. The van der Waals surface area contributed by atoms with Gasteiger partial charge in [-0.1, -0.05) is 0 Å². The molecule has 1 aliphatic carbocycles. The highest BCUT2D eigenvalue weighted by Crippen LogP contribution is 2.48. The van der Waals surface area contributed by atoms with Crippen molar-refractivity contribution in [3.8, 4) is 0 Å². The number of rotatable bonds is 6. The minimum atomic E-state index is 0.0489. The van der Waals surface area contributed by atoms with E-state index in [-0.39, 0.29) is 5.91 Å². The van der Waals surface area contributed by atoms with Gasteiger partial charge < -0.3 is 10.1 Å². The Morgan fingerprint density at radius 1 is 1.65 bits per heavy atom. The third kappa shape index (κ3) is 3.66. The Kier molecular flexibility index (Phi) is 4.43. The van der Waals surface area contributed by atoms with Crippen LogP contribution in [-0.2, 0) is 4.74 Å². The number of halogens is 1. The first-order valence-corrected chi connectivity index (χ1v) is 7.62. The maximum absolute atomic E-state index is 11.9. The fourth-order valence-electron chi connectivity index (χ4n) is 1.81. The van der Waals surface area contributed by atoms with E-state index in [1.807, 2.05) is 11.4 Å². The summed E-state index contributed by atoms with van der Waals surface area (Å²) in [5, 5.41) is 4.94. The fourth-order valence-corrected chi connectivity index (χ4v) is 3.14. The molecule has 0 aliphatic heterocycles. The number of carbonyl (C=O) groups is 1. The molecule has 1 heterocycles. The first kappa shape index (κ1) is 13.3. The Morgan fingerprint density at radius 3 is 2.94 bits per heavy atom. The second-order valence-corrected chi connectivity index (χ2v) is 7.37. The fraction of sp³-hybridized carbons (Fsp3) is 0.583. The number of nitrogens with one attached hydrogen (secondary N) is 1. The lowest BCUT2D eigenvalue weighted by Gasteiger charge is -2.15. The molecule has 1 amide bonds. The summed E-state index contributed by atoms with van der Waals surface area (Å²) in [6.45, 7) is 1.56. The van der Waals surface area contributed by atoms with Crippen LogP contribution in [-0.4, -0.2) is 26.2 Å². The molecule has 17 heavy (non-hydrogen) atoms. The highest BCUT2D eigenvalue weighted by atomic mass is 127. The van der Waals surface area contributed by atoms with Crippen LogP contribution < -0.4 is 5.32 Å². The summed E-state index contributed by atoms with van der Waals surface area (Å²) in [5.74, 6) is 0.0489. The molecule has 94 valence electrons. The van der Waals surface area contributed by atoms with E-state index in [0.717, 1.165) is 28.0 Å². The number of hydrogen-bond acceptors (Lipinski definition) is 3. The van der Waals surface area contributed by atoms with E-state index < -0.39 is 0 Å². The summed E-state index contributed by atoms with van der Waals surface area (Å²) in [4.78, 5) is 11.9. The van der Waals surface area contributed by atoms with Crippen molar-refractivity contribution in [2.45, 2.75) is 19.3 Å². The zero-order valence-corrected chi connectivity index (χ0v) is 12.8. The van der Waals surface area contributed by atoms with Crippen LogP contribution in [0.4, 0.5) is 0 Å². The largest absolute Gasteiger partial charge is 0.385 e. The Hall–Kier alpha value is -0.140. The molecular weight excluding hydrogens is 349 g/mol. The Bertz CT molecular complexity index is 401. The van der Waals surface area contributed by atoms with E-state index in [0.29, 0.717) is 5.41 Å². The molecule has 3 nitrogen and oxygen atoms in total. The highest BCUT2D eigenvalue weighted by Gasteiger charge is 2.42. The average Bonchev–Trinajstić information content (AvgIpc) is 2.97. The van der Waals surface area contributed by atoms with Crippen molar-refractivity contribution in [3.63, 3.8) is 0 Å². The number of methoxy groups -OCH3 is 1. The second kappa shape index (κ2) is 5.67. The molecule has 1 aromatic heterocycles. The maximum Gasteiger partial charge on any atom is 0.252 e. The molecule has 0 radical (unpaired) electrons. The van der Waals surface area contributed by atoms with Crippen LogP contribution in [0.1, 0.15) is 29.6 Å². The lowest BCUT2D eigenvalue weighted by molar-refractivity contribution is 0.0938. The van der Waals surface area contributed by atoms with Gasteiger partial charge >= 0.3 is 0 Å². The first-order valence-electron chi connectivity index (χ1n) is 5.66. The summed E-state index contributed by atoms with van der Waals surface area (Å²) in [5.41, 5.74) is 1.09. The van der Waals surface area contributed by atoms with Crippen molar-refractivity contribution in [2.24, 2.45) is 5.41 Å². The van der Waals surface area contributed by atoms with Crippen molar-refractivity contribution < 1.29 is 9.53 Å². The van der Waals surface area contributed by atoms with Gasteiger partial charge in [0.1, 0.15) is 0 Å². The van der Waals surface area contributed by atoms with Crippen LogP contribution in [0.15, 0.2) is 11.4 Å². The van der Waals surface area contributed by atoms with Gasteiger partial charge in [-0.25, -0.2) is 0 Å². The molecule has 0 unspecified atom stereocenters. The van der Waals surface area contributed by atoms with Gasteiger partial charge in [0, 0.05) is 25.6 Å². The minimum Gasteiger partial charge on any atom is -0.385 e. The van der Waals surface area contributed by atoms with Crippen molar-refractivity contribution in [3.05, 3.63) is 19.9 Å². The normalized spacial score (nSPS) is 16.8. The lowest BCUT2D eigenvalue weighted by atomic mass is 10.0. The van der Waals surface area contributed by atoms with E-state index in [9.17, 15) is 4.79 Å². The Morgan fingerprint density at radius 2 is 2.41 bits per heavy atom. The smallest absolute Gasteiger partial charge is 0.252 e. The predicted octanol–water partition coefficient (Wildman–Crippen LogP) is 2.90. The number of amides is 1. The molecule has 0 bridgehead atoms. The molecule has 0 spiro atoms. The van der Waals surface area contributed by atoms with Crippen molar-refractivity contribution in [2.75, 3.05) is 20.3 Å². The highest BCUT2D eigenvalue weighted by molar-refractivity contribution is 14.1. The molecule has 0 saturated heterocycles. The molecule has 0 atom stereocenters. The van der Waals surface area contributed by atoms with Crippen LogP contribution in [0.3, 0.4) is 0 Å². The Balaban J connectivity index is 1.80. The average molecular weight is 365 g/mol. The van der Waals surface area contributed by atoms with Crippen molar-refractivity contribution in [1.29, 1.82) is 0 Å². The quantitative estimate of drug-likeness (QED) is 0.788. The number of thiophene rings is 1. The van der Waals surface area contributed by atoms with Gasteiger partial charge in [0.15, 0.2) is 0 Å². The van der Waals surface area contributed by atoms with E-state index >= 15 is 0 Å².